The molecule has 21 heavy (non-hydrogen) atoms. The van der Waals surface area contributed by atoms with E-state index in [0.29, 0.717) is 24.8 Å². The predicted molar refractivity (Wildman–Crippen MR) is 73.2 cm³/mol. The highest BCUT2D eigenvalue weighted by atomic mass is 19.1. The molecule has 2 aliphatic rings. The summed E-state index contributed by atoms with van der Waals surface area (Å²) in [4.78, 5) is 25.4. The molecule has 1 N–H and O–H groups in total. The number of nitrogens with one attached hydrogen (secondary N) is 1. The second-order valence-corrected chi connectivity index (χ2v) is 5.49. The molecule has 1 saturated carbocycles. The highest BCUT2D eigenvalue weighted by molar-refractivity contribution is 5.83. The lowest BCUT2D eigenvalue weighted by molar-refractivity contribution is -0.128. The maximum atomic E-state index is 13.0. The van der Waals surface area contributed by atoms with Crippen molar-refractivity contribution in [2.75, 3.05) is 13.2 Å². The molecule has 0 aromatic heterocycles. The van der Waals surface area contributed by atoms with Gasteiger partial charge in [-0.15, -0.1) is 0 Å². The monoisotopic (exact) mass is 292 g/mol. The zero-order valence-electron chi connectivity index (χ0n) is 11.5. The number of hydrogen-bond donors (Lipinski definition) is 1. The fourth-order valence-electron chi connectivity index (χ4n) is 2.54. The number of amides is 2. The number of nitrogens with zero attached hydrogens (tertiary/aromatic N) is 1. The van der Waals surface area contributed by atoms with Gasteiger partial charge in [0.25, 0.3) is 5.91 Å². The van der Waals surface area contributed by atoms with E-state index in [1.807, 2.05) is 4.90 Å². The van der Waals surface area contributed by atoms with Crippen LogP contribution >= 0.6 is 0 Å². The molecule has 1 aromatic rings. The number of likely N-dealkylation sites (tertiary alicyclic amines) is 1. The van der Waals surface area contributed by atoms with Crippen LogP contribution in [-0.2, 0) is 9.59 Å². The molecule has 112 valence electrons. The first kappa shape index (κ1) is 13.9. The average molecular weight is 292 g/mol. The quantitative estimate of drug-likeness (QED) is 0.883. The summed E-state index contributed by atoms with van der Waals surface area (Å²) in [7, 11) is 0. The Bertz CT molecular complexity index is 560. The van der Waals surface area contributed by atoms with E-state index in [0.717, 1.165) is 12.8 Å². The van der Waals surface area contributed by atoms with Crippen LogP contribution in [0.25, 0.3) is 0 Å². The van der Waals surface area contributed by atoms with E-state index in [-0.39, 0.29) is 24.5 Å². The van der Waals surface area contributed by atoms with Gasteiger partial charge >= 0.3 is 0 Å². The Morgan fingerprint density at radius 1 is 1.43 bits per heavy atom. The minimum Gasteiger partial charge on any atom is -0.484 e. The summed E-state index contributed by atoms with van der Waals surface area (Å²) in [5, 5.41) is 2.79. The van der Waals surface area contributed by atoms with Gasteiger partial charge in [0.05, 0.1) is 6.04 Å². The lowest BCUT2D eigenvalue weighted by Crippen LogP contribution is -2.40. The van der Waals surface area contributed by atoms with Gasteiger partial charge in [-0.05, 0) is 25.0 Å². The largest absolute Gasteiger partial charge is 0.484 e. The number of rotatable bonds is 5. The fraction of sp³-hybridized carbons (Fsp3) is 0.467. The molecule has 1 aliphatic heterocycles. The van der Waals surface area contributed by atoms with Gasteiger partial charge in [0.15, 0.2) is 6.61 Å². The molecule has 1 aliphatic carbocycles. The molecule has 2 amide bonds. The molecule has 1 aromatic carbocycles. The maximum absolute atomic E-state index is 13.0. The van der Waals surface area contributed by atoms with E-state index in [2.05, 4.69) is 5.32 Å². The van der Waals surface area contributed by atoms with Gasteiger partial charge in [-0.1, -0.05) is 6.07 Å². The molecule has 1 atom stereocenters. The smallest absolute Gasteiger partial charge is 0.258 e. The second kappa shape index (κ2) is 5.71. The summed E-state index contributed by atoms with van der Waals surface area (Å²) < 4.78 is 18.2. The summed E-state index contributed by atoms with van der Waals surface area (Å²) in [5.74, 6) is -0.287. The normalized spacial score (nSPS) is 21.5. The van der Waals surface area contributed by atoms with Crippen LogP contribution in [0.5, 0.6) is 5.75 Å². The molecule has 0 bridgehead atoms. The van der Waals surface area contributed by atoms with E-state index in [1.54, 1.807) is 6.07 Å². The molecular weight excluding hydrogens is 275 g/mol. The van der Waals surface area contributed by atoms with Crippen molar-refractivity contribution in [3.05, 3.63) is 30.1 Å². The molecule has 0 spiro atoms. The van der Waals surface area contributed by atoms with Gasteiger partial charge in [0.2, 0.25) is 5.91 Å². The Balaban J connectivity index is 1.45. The minimum absolute atomic E-state index is 0.105. The molecule has 1 heterocycles. The third kappa shape index (κ3) is 3.51. The molecule has 5 nitrogen and oxygen atoms in total. The topological polar surface area (TPSA) is 58.6 Å². The van der Waals surface area contributed by atoms with E-state index < -0.39 is 5.82 Å². The highest BCUT2D eigenvalue weighted by Crippen LogP contribution is 2.30. The van der Waals surface area contributed by atoms with Crippen LogP contribution in [0.2, 0.25) is 0 Å². The minimum atomic E-state index is -0.408. The lowest BCUT2D eigenvalue weighted by atomic mass is 10.2. The van der Waals surface area contributed by atoms with Crippen molar-refractivity contribution in [2.45, 2.75) is 31.3 Å². The molecule has 3 rings (SSSR count). The number of ether oxygens (including phenoxy) is 1. The van der Waals surface area contributed by atoms with Crippen molar-refractivity contribution in [3.8, 4) is 5.75 Å². The van der Waals surface area contributed by atoms with E-state index in [1.165, 1.54) is 18.2 Å². The van der Waals surface area contributed by atoms with Gasteiger partial charge < -0.3 is 15.0 Å². The second-order valence-electron chi connectivity index (χ2n) is 5.49. The third-order valence-electron chi connectivity index (χ3n) is 3.68. The fourth-order valence-corrected chi connectivity index (χ4v) is 2.54. The lowest BCUT2D eigenvalue weighted by Gasteiger charge is -2.16. The van der Waals surface area contributed by atoms with Crippen molar-refractivity contribution in [1.29, 1.82) is 0 Å². The van der Waals surface area contributed by atoms with Crippen LogP contribution < -0.4 is 10.1 Å². The van der Waals surface area contributed by atoms with Crippen molar-refractivity contribution in [3.63, 3.8) is 0 Å². The number of hydrogen-bond acceptors (Lipinski definition) is 3. The Hall–Kier alpha value is -2.11. The molecule has 1 saturated heterocycles. The molecule has 2 fully saturated rings. The van der Waals surface area contributed by atoms with Crippen molar-refractivity contribution in [2.24, 2.45) is 0 Å². The first-order chi connectivity index (χ1) is 10.1. The summed E-state index contributed by atoms with van der Waals surface area (Å²) in [6.07, 6.45) is 2.48. The van der Waals surface area contributed by atoms with E-state index >= 15 is 0 Å². The summed E-state index contributed by atoms with van der Waals surface area (Å²) in [6, 6.07) is 5.87. The van der Waals surface area contributed by atoms with Crippen molar-refractivity contribution < 1.29 is 18.7 Å². The Morgan fingerprint density at radius 2 is 2.24 bits per heavy atom. The zero-order valence-corrected chi connectivity index (χ0v) is 11.5. The summed E-state index contributed by atoms with van der Waals surface area (Å²) >= 11 is 0. The molecule has 0 radical (unpaired) electrons. The number of benzene rings is 1. The predicted octanol–water partition coefficient (Wildman–Crippen LogP) is 1.08. The first-order valence-electron chi connectivity index (χ1n) is 7.09. The van der Waals surface area contributed by atoms with Gasteiger partial charge in [0.1, 0.15) is 11.6 Å². The first-order valence-corrected chi connectivity index (χ1v) is 7.09. The number of carbonyl (C=O) groups is 2. The van der Waals surface area contributed by atoms with Crippen LogP contribution in [0.15, 0.2) is 24.3 Å². The SMILES string of the molecule is O=C(COc1cccc(F)c1)NC1CC(=O)N(C2CC2)C1. The number of carbonyl (C=O) groups excluding carboxylic acids is 2. The molecule has 6 heteroatoms. The highest BCUT2D eigenvalue weighted by Gasteiger charge is 2.39. The van der Waals surface area contributed by atoms with E-state index in [4.69, 9.17) is 4.74 Å². The van der Waals surface area contributed by atoms with Crippen LogP contribution in [0.1, 0.15) is 19.3 Å². The third-order valence-corrected chi connectivity index (χ3v) is 3.68. The van der Waals surface area contributed by atoms with Gasteiger partial charge in [-0.25, -0.2) is 4.39 Å². The standard InChI is InChI=1S/C15H17FN2O3/c16-10-2-1-3-13(6-10)21-9-14(19)17-11-7-15(20)18(8-11)12-4-5-12/h1-3,6,11-12H,4-5,7-9H2,(H,17,19). The molecular formula is C15H17FN2O3. The zero-order chi connectivity index (χ0) is 14.8. The summed E-state index contributed by atoms with van der Waals surface area (Å²) in [5.41, 5.74) is 0. The van der Waals surface area contributed by atoms with Crippen LogP contribution in [0, 0.1) is 5.82 Å². The van der Waals surface area contributed by atoms with Crippen LogP contribution in [0.4, 0.5) is 4.39 Å². The Labute approximate surface area is 122 Å². The van der Waals surface area contributed by atoms with Crippen LogP contribution in [0.3, 0.4) is 0 Å². The number of halogens is 1. The maximum Gasteiger partial charge on any atom is 0.258 e. The van der Waals surface area contributed by atoms with Gasteiger partial charge in [0, 0.05) is 25.1 Å². The van der Waals surface area contributed by atoms with Crippen molar-refractivity contribution >= 4 is 11.8 Å². The van der Waals surface area contributed by atoms with E-state index in [9.17, 15) is 14.0 Å². The molecule has 1 unspecified atom stereocenters. The Morgan fingerprint density at radius 3 is 2.95 bits per heavy atom. The van der Waals surface area contributed by atoms with Crippen LogP contribution in [-0.4, -0.2) is 41.9 Å². The van der Waals surface area contributed by atoms with Gasteiger partial charge in [-0.3, -0.25) is 9.59 Å². The Kier molecular flexibility index (Phi) is 3.77. The van der Waals surface area contributed by atoms with Gasteiger partial charge in [-0.2, -0.15) is 0 Å². The van der Waals surface area contributed by atoms with Crippen molar-refractivity contribution in [1.82, 2.24) is 10.2 Å². The average Bonchev–Trinajstić information content (AvgIpc) is 3.21. The summed E-state index contributed by atoms with van der Waals surface area (Å²) in [6.45, 7) is 0.396.